The maximum atomic E-state index is 13.0. The fourth-order valence-corrected chi connectivity index (χ4v) is 4.06. The normalized spacial score (nSPS) is 11.7. The van der Waals surface area contributed by atoms with Crippen molar-refractivity contribution in [3.05, 3.63) is 71.3 Å². The van der Waals surface area contributed by atoms with Crippen LogP contribution in [0.25, 0.3) is 0 Å². The predicted octanol–water partition coefficient (Wildman–Crippen LogP) is 4.21. The molecule has 0 spiro atoms. The van der Waals surface area contributed by atoms with Crippen LogP contribution in [0.15, 0.2) is 54.6 Å². The fourth-order valence-electron chi connectivity index (χ4n) is 3.07. The van der Waals surface area contributed by atoms with Gasteiger partial charge in [0.25, 0.3) is 0 Å². The molecule has 4 nitrogen and oxygen atoms in total. The first kappa shape index (κ1) is 23.0. The van der Waals surface area contributed by atoms with Gasteiger partial charge < -0.3 is 10.2 Å². The van der Waals surface area contributed by atoms with Crippen LogP contribution in [-0.4, -0.2) is 41.6 Å². The molecule has 5 heteroatoms. The summed E-state index contributed by atoms with van der Waals surface area (Å²) >= 11 is 1.60. The van der Waals surface area contributed by atoms with Crippen LogP contribution in [0.2, 0.25) is 0 Å². The Bertz CT molecular complexity index is 779. The molecule has 29 heavy (non-hydrogen) atoms. The monoisotopic (exact) mass is 412 g/mol. The van der Waals surface area contributed by atoms with Gasteiger partial charge in [0.15, 0.2) is 0 Å². The number of hydrogen-bond acceptors (Lipinski definition) is 3. The molecule has 0 aromatic heterocycles. The molecule has 0 saturated carbocycles. The zero-order valence-corrected chi connectivity index (χ0v) is 18.5. The van der Waals surface area contributed by atoms with Gasteiger partial charge in [0.2, 0.25) is 11.8 Å². The third-order valence-electron chi connectivity index (χ3n) is 4.95. The molecule has 1 N–H and O–H groups in total. The highest BCUT2D eigenvalue weighted by atomic mass is 32.2. The number of carbonyl (C=O) groups excluding carboxylic acids is 2. The molecule has 0 radical (unpaired) electrons. The second kappa shape index (κ2) is 12.3. The summed E-state index contributed by atoms with van der Waals surface area (Å²) in [7, 11) is 0. The fraction of sp³-hybridized carbons (Fsp3) is 0.417. The number of nitrogens with zero attached hydrogens (tertiary/aromatic N) is 1. The Morgan fingerprint density at radius 2 is 1.76 bits per heavy atom. The van der Waals surface area contributed by atoms with Crippen LogP contribution in [-0.2, 0) is 21.8 Å². The molecule has 1 atom stereocenters. The van der Waals surface area contributed by atoms with Gasteiger partial charge in [-0.1, -0.05) is 61.5 Å². The zero-order valence-electron chi connectivity index (χ0n) is 17.7. The Morgan fingerprint density at radius 1 is 1.07 bits per heavy atom. The maximum Gasteiger partial charge on any atom is 0.242 e. The lowest BCUT2D eigenvalue weighted by Gasteiger charge is -2.28. The van der Waals surface area contributed by atoms with Gasteiger partial charge in [-0.25, -0.2) is 0 Å². The summed E-state index contributed by atoms with van der Waals surface area (Å²) in [5.41, 5.74) is 3.65. The standard InChI is InChI=1S/C24H32N2O2S/c1-4-15-25-24(28)20(3)26(16-14-21-11-6-5-7-12-21)23(27)18-29-17-22-13-9-8-10-19(22)2/h5-13,20H,4,14-18H2,1-3H3,(H,25,28)/t20-/m0/s1. The molecular formula is C24H32N2O2S. The summed E-state index contributed by atoms with van der Waals surface area (Å²) in [5, 5.41) is 2.92. The van der Waals surface area contributed by atoms with Gasteiger partial charge in [-0.15, -0.1) is 11.8 Å². The van der Waals surface area contributed by atoms with E-state index in [1.165, 1.54) is 16.7 Å². The van der Waals surface area contributed by atoms with Gasteiger partial charge in [0.1, 0.15) is 6.04 Å². The number of carbonyl (C=O) groups is 2. The first-order valence-corrected chi connectivity index (χ1v) is 11.4. The molecule has 2 aromatic carbocycles. The lowest BCUT2D eigenvalue weighted by atomic mass is 10.1. The molecule has 0 saturated heterocycles. The van der Waals surface area contributed by atoms with Crippen molar-refractivity contribution in [3.63, 3.8) is 0 Å². The van der Waals surface area contributed by atoms with E-state index < -0.39 is 6.04 Å². The second-order valence-electron chi connectivity index (χ2n) is 7.21. The first-order chi connectivity index (χ1) is 14.0. The Kier molecular flexibility index (Phi) is 9.78. The number of benzene rings is 2. The van der Waals surface area contributed by atoms with Gasteiger partial charge in [0, 0.05) is 18.8 Å². The van der Waals surface area contributed by atoms with E-state index in [9.17, 15) is 9.59 Å². The minimum Gasteiger partial charge on any atom is -0.354 e. The average molecular weight is 413 g/mol. The number of rotatable bonds is 11. The largest absolute Gasteiger partial charge is 0.354 e. The number of hydrogen-bond donors (Lipinski definition) is 1. The summed E-state index contributed by atoms with van der Waals surface area (Å²) in [6.07, 6.45) is 1.61. The Balaban J connectivity index is 1.98. The van der Waals surface area contributed by atoms with E-state index in [4.69, 9.17) is 0 Å². The van der Waals surface area contributed by atoms with Crippen molar-refractivity contribution in [3.8, 4) is 0 Å². The second-order valence-corrected chi connectivity index (χ2v) is 8.19. The first-order valence-electron chi connectivity index (χ1n) is 10.3. The minimum atomic E-state index is -0.475. The highest BCUT2D eigenvalue weighted by molar-refractivity contribution is 7.99. The number of amides is 2. The van der Waals surface area contributed by atoms with Crippen molar-refractivity contribution >= 4 is 23.6 Å². The third kappa shape index (κ3) is 7.58. The van der Waals surface area contributed by atoms with E-state index in [1.807, 2.05) is 44.2 Å². The van der Waals surface area contributed by atoms with Crippen molar-refractivity contribution in [1.29, 1.82) is 0 Å². The van der Waals surface area contributed by atoms with Crippen LogP contribution in [0.5, 0.6) is 0 Å². The molecule has 2 aromatic rings. The van der Waals surface area contributed by atoms with Gasteiger partial charge >= 0.3 is 0 Å². The van der Waals surface area contributed by atoms with Crippen molar-refractivity contribution in [2.24, 2.45) is 0 Å². The van der Waals surface area contributed by atoms with Gasteiger partial charge in [-0.05, 0) is 43.4 Å². The molecule has 0 unspecified atom stereocenters. The van der Waals surface area contributed by atoms with E-state index >= 15 is 0 Å². The van der Waals surface area contributed by atoms with Crippen molar-refractivity contribution in [2.45, 2.75) is 45.4 Å². The van der Waals surface area contributed by atoms with Crippen molar-refractivity contribution in [1.82, 2.24) is 10.2 Å². The third-order valence-corrected chi connectivity index (χ3v) is 5.91. The molecule has 0 aliphatic heterocycles. The summed E-state index contributed by atoms with van der Waals surface area (Å²) in [6, 6.07) is 17.8. The summed E-state index contributed by atoms with van der Waals surface area (Å²) < 4.78 is 0. The molecule has 0 heterocycles. The SMILES string of the molecule is CCCNC(=O)[C@H](C)N(CCc1ccccc1)C(=O)CSCc1ccccc1C. The topological polar surface area (TPSA) is 49.4 Å². The molecule has 0 bridgehead atoms. The van der Waals surface area contributed by atoms with Crippen molar-refractivity contribution in [2.75, 3.05) is 18.8 Å². The van der Waals surface area contributed by atoms with E-state index in [2.05, 4.69) is 36.5 Å². The molecule has 0 aliphatic carbocycles. The molecule has 2 rings (SSSR count). The minimum absolute atomic E-state index is 0.0127. The zero-order chi connectivity index (χ0) is 21.1. The predicted molar refractivity (Wildman–Crippen MR) is 122 cm³/mol. The van der Waals surface area contributed by atoms with Gasteiger partial charge in [0.05, 0.1) is 5.75 Å². The lowest BCUT2D eigenvalue weighted by molar-refractivity contribution is -0.137. The van der Waals surface area contributed by atoms with E-state index in [1.54, 1.807) is 16.7 Å². The van der Waals surface area contributed by atoms with Crippen LogP contribution in [0.4, 0.5) is 0 Å². The molecule has 0 fully saturated rings. The van der Waals surface area contributed by atoms with Crippen molar-refractivity contribution < 1.29 is 9.59 Å². The number of aryl methyl sites for hydroxylation is 1. The maximum absolute atomic E-state index is 13.0. The van der Waals surface area contributed by atoms with Gasteiger partial charge in [-0.2, -0.15) is 0 Å². The molecule has 156 valence electrons. The Morgan fingerprint density at radius 3 is 2.45 bits per heavy atom. The molecule has 0 aliphatic rings. The lowest BCUT2D eigenvalue weighted by Crippen LogP contribution is -2.49. The Labute approximate surface area is 179 Å². The van der Waals surface area contributed by atoms with E-state index in [0.29, 0.717) is 18.8 Å². The van der Waals surface area contributed by atoms with Crippen LogP contribution in [0.1, 0.15) is 37.0 Å². The quantitative estimate of drug-likeness (QED) is 0.601. The number of nitrogens with one attached hydrogen (secondary N) is 1. The smallest absolute Gasteiger partial charge is 0.242 e. The van der Waals surface area contributed by atoms with E-state index in [-0.39, 0.29) is 11.8 Å². The van der Waals surface area contributed by atoms with E-state index in [0.717, 1.165) is 18.6 Å². The Hall–Kier alpha value is -2.27. The highest BCUT2D eigenvalue weighted by Crippen LogP contribution is 2.17. The van der Waals surface area contributed by atoms with Gasteiger partial charge in [-0.3, -0.25) is 9.59 Å². The average Bonchev–Trinajstić information content (AvgIpc) is 2.74. The van der Waals surface area contributed by atoms with Crippen LogP contribution in [0.3, 0.4) is 0 Å². The van der Waals surface area contributed by atoms with Crippen LogP contribution >= 0.6 is 11.8 Å². The summed E-state index contributed by atoms with van der Waals surface area (Å²) in [4.78, 5) is 27.2. The number of thioether (sulfide) groups is 1. The summed E-state index contributed by atoms with van der Waals surface area (Å²) in [5.74, 6) is 1.09. The van der Waals surface area contributed by atoms with Crippen LogP contribution in [0, 0.1) is 6.92 Å². The highest BCUT2D eigenvalue weighted by Gasteiger charge is 2.25. The molecular weight excluding hydrogens is 380 g/mol. The van der Waals surface area contributed by atoms with Crippen LogP contribution < -0.4 is 5.32 Å². The summed E-state index contributed by atoms with van der Waals surface area (Å²) in [6.45, 7) is 7.09. The molecule has 2 amide bonds.